The van der Waals surface area contributed by atoms with Crippen molar-refractivity contribution in [3.8, 4) is 0 Å². The Bertz CT molecular complexity index is 625. The number of hydrogen-bond donors (Lipinski definition) is 1. The zero-order valence-corrected chi connectivity index (χ0v) is 12.3. The van der Waals surface area contributed by atoms with E-state index >= 15 is 0 Å². The van der Waals surface area contributed by atoms with Gasteiger partial charge in [-0.25, -0.2) is 0 Å². The van der Waals surface area contributed by atoms with Gasteiger partial charge in [-0.1, -0.05) is 24.3 Å². The zero-order chi connectivity index (χ0) is 14.7. The van der Waals surface area contributed by atoms with Gasteiger partial charge in [0.2, 0.25) is 11.8 Å². The maximum atomic E-state index is 12.4. The number of thiophene rings is 1. The summed E-state index contributed by atoms with van der Waals surface area (Å²) >= 11 is 1.55. The molecule has 5 heteroatoms. The lowest BCUT2D eigenvalue weighted by Gasteiger charge is -2.17. The average Bonchev–Trinajstić information content (AvgIpc) is 3.11. The molecule has 1 fully saturated rings. The maximum Gasteiger partial charge on any atom is 0.249 e. The molecule has 21 heavy (non-hydrogen) atoms. The average molecular weight is 300 g/mol. The van der Waals surface area contributed by atoms with E-state index in [1.54, 1.807) is 16.2 Å². The topological polar surface area (TPSA) is 49.4 Å². The Balaban J connectivity index is 1.60. The highest BCUT2D eigenvalue weighted by Crippen LogP contribution is 2.21. The van der Waals surface area contributed by atoms with E-state index < -0.39 is 6.04 Å². The second-order valence-corrected chi connectivity index (χ2v) is 6.02. The van der Waals surface area contributed by atoms with E-state index in [1.807, 2.05) is 47.8 Å². The molecule has 2 aromatic rings. The van der Waals surface area contributed by atoms with Gasteiger partial charge < -0.3 is 10.2 Å². The van der Waals surface area contributed by atoms with Crippen LogP contribution in [-0.4, -0.2) is 24.4 Å². The van der Waals surface area contributed by atoms with Crippen molar-refractivity contribution in [1.82, 2.24) is 5.32 Å². The fourth-order valence-corrected chi connectivity index (χ4v) is 3.20. The van der Waals surface area contributed by atoms with Crippen LogP contribution in [0.25, 0.3) is 0 Å². The molecule has 1 N–H and O–H groups in total. The van der Waals surface area contributed by atoms with Crippen LogP contribution < -0.4 is 10.2 Å². The van der Waals surface area contributed by atoms with Crippen molar-refractivity contribution in [1.29, 1.82) is 0 Å². The molecule has 1 aliphatic heterocycles. The summed E-state index contributed by atoms with van der Waals surface area (Å²) in [4.78, 5) is 27.1. The quantitative estimate of drug-likeness (QED) is 0.941. The number of para-hydroxylation sites is 1. The standard InChI is InChI=1S/C16H16N2O2S/c19-15(11-13-7-4-10-21-13)17-14-8-9-18(16(14)20)12-5-2-1-3-6-12/h1-7,10,14H,8-9,11H2,(H,17,19)/t14-/m0/s1. The third kappa shape index (κ3) is 3.13. The summed E-state index contributed by atoms with van der Waals surface area (Å²) in [6, 6.07) is 13.0. The van der Waals surface area contributed by atoms with Crippen molar-refractivity contribution < 1.29 is 9.59 Å². The minimum Gasteiger partial charge on any atom is -0.344 e. The number of anilines is 1. The summed E-state index contributed by atoms with van der Waals surface area (Å²) in [6.45, 7) is 0.646. The Morgan fingerprint density at radius 2 is 2.05 bits per heavy atom. The molecule has 2 amide bonds. The number of amides is 2. The van der Waals surface area contributed by atoms with Crippen LogP contribution in [-0.2, 0) is 16.0 Å². The van der Waals surface area contributed by atoms with Crippen LogP contribution in [0.3, 0.4) is 0 Å². The number of nitrogens with one attached hydrogen (secondary N) is 1. The third-order valence-electron chi connectivity index (χ3n) is 3.52. The molecule has 1 aromatic carbocycles. The smallest absolute Gasteiger partial charge is 0.249 e. The van der Waals surface area contributed by atoms with Crippen LogP contribution >= 0.6 is 11.3 Å². The summed E-state index contributed by atoms with van der Waals surface area (Å²) in [5.41, 5.74) is 0.887. The molecule has 2 heterocycles. The first kappa shape index (κ1) is 13.8. The number of carbonyl (C=O) groups is 2. The van der Waals surface area contributed by atoms with Crippen molar-refractivity contribution in [2.24, 2.45) is 0 Å². The van der Waals surface area contributed by atoms with Gasteiger partial charge in [0.1, 0.15) is 6.04 Å². The first-order valence-corrected chi connectivity index (χ1v) is 7.80. The van der Waals surface area contributed by atoms with Gasteiger partial charge >= 0.3 is 0 Å². The van der Waals surface area contributed by atoms with Crippen LogP contribution in [0.2, 0.25) is 0 Å². The molecular formula is C16H16N2O2S. The number of rotatable bonds is 4. The van der Waals surface area contributed by atoms with E-state index in [0.717, 1.165) is 10.6 Å². The largest absolute Gasteiger partial charge is 0.344 e. The van der Waals surface area contributed by atoms with Crippen LogP contribution in [0.5, 0.6) is 0 Å². The lowest BCUT2D eigenvalue weighted by Crippen LogP contribution is -2.42. The molecule has 0 bridgehead atoms. The van der Waals surface area contributed by atoms with Crippen LogP contribution in [0.1, 0.15) is 11.3 Å². The summed E-state index contributed by atoms with van der Waals surface area (Å²) in [6.07, 6.45) is 0.997. The van der Waals surface area contributed by atoms with Gasteiger partial charge in [0.15, 0.2) is 0 Å². The van der Waals surface area contributed by atoms with Gasteiger partial charge in [0, 0.05) is 17.1 Å². The van der Waals surface area contributed by atoms with Crippen molar-refractivity contribution in [2.75, 3.05) is 11.4 Å². The van der Waals surface area contributed by atoms with Crippen LogP contribution in [0, 0.1) is 0 Å². The molecule has 1 atom stereocenters. The van der Waals surface area contributed by atoms with E-state index in [1.165, 1.54) is 0 Å². The Morgan fingerprint density at radius 1 is 1.24 bits per heavy atom. The van der Waals surface area contributed by atoms with E-state index in [2.05, 4.69) is 5.32 Å². The van der Waals surface area contributed by atoms with Gasteiger partial charge in [-0.05, 0) is 30.0 Å². The summed E-state index contributed by atoms with van der Waals surface area (Å²) in [5, 5.41) is 4.79. The molecular weight excluding hydrogens is 284 g/mol. The molecule has 0 spiro atoms. The molecule has 1 aliphatic rings. The van der Waals surface area contributed by atoms with Gasteiger partial charge in [-0.3, -0.25) is 9.59 Å². The number of carbonyl (C=O) groups excluding carboxylic acids is 2. The van der Waals surface area contributed by atoms with Crippen molar-refractivity contribution in [3.05, 3.63) is 52.7 Å². The number of hydrogen-bond acceptors (Lipinski definition) is 3. The number of nitrogens with zero attached hydrogens (tertiary/aromatic N) is 1. The monoisotopic (exact) mass is 300 g/mol. The van der Waals surface area contributed by atoms with E-state index in [-0.39, 0.29) is 11.8 Å². The molecule has 1 aromatic heterocycles. The second-order valence-electron chi connectivity index (χ2n) is 4.99. The fourth-order valence-electron chi connectivity index (χ4n) is 2.49. The van der Waals surface area contributed by atoms with Crippen molar-refractivity contribution >= 4 is 28.8 Å². The molecule has 0 radical (unpaired) electrons. The fraction of sp³-hybridized carbons (Fsp3) is 0.250. The minimum absolute atomic E-state index is 0.0271. The summed E-state index contributed by atoms with van der Waals surface area (Å²) < 4.78 is 0. The van der Waals surface area contributed by atoms with Gasteiger partial charge in [0.05, 0.1) is 6.42 Å². The Hall–Kier alpha value is -2.14. The maximum absolute atomic E-state index is 12.4. The summed E-state index contributed by atoms with van der Waals surface area (Å²) in [5.74, 6) is -0.119. The highest BCUT2D eigenvalue weighted by molar-refractivity contribution is 7.10. The lowest BCUT2D eigenvalue weighted by molar-refractivity contribution is -0.126. The Labute approximate surface area is 127 Å². The predicted octanol–water partition coefficient (Wildman–Crippen LogP) is 2.21. The van der Waals surface area contributed by atoms with Gasteiger partial charge in [0.25, 0.3) is 0 Å². The van der Waals surface area contributed by atoms with E-state index in [4.69, 9.17) is 0 Å². The van der Waals surface area contributed by atoms with Gasteiger partial charge in [-0.2, -0.15) is 0 Å². The summed E-state index contributed by atoms with van der Waals surface area (Å²) in [7, 11) is 0. The first-order chi connectivity index (χ1) is 10.2. The second kappa shape index (κ2) is 6.10. The molecule has 0 saturated carbocycles. The Morgan fingerprint density at radius 3 is 2.76 bits per heavy atom. The first-order valence-electron chi connectivity index (χ1n) is 6.92. The molecule has 3 rings (SSSR count). The van der Waals surface area contributed by atoms with E-state index in [0.29, 0.717) is 19.4 Å². The third-order valence-corrected chi connectivity index (χ3v) is 4.40. The predicted molar refractivity (Wildman–Crippen MR) is 83.4 cm³/mol. The highest BCUT2D eigenvalue weighted by atomic mass is 32.1. The molecule has 108 valence electrons. The molecule has 1 saturated heterocycles. The highest BCUT2D eigenvalue weighted by Gasteiger charge is 2.33. The van der Waals surface area contributed by atoms with Crippen LogP contribution in [0.15, 0.2) is 47.8 Å². The zero-order valence-electron chi connectivity index (χ0n) is 11.5. The van der Waals surface area contributed by atoms with Crippen LogP contribution in [0.4, 0.5) is 5.69 Å². The SMILES string of the molecule is O=C(Cc1cccs1)N[C@H]1CCN(c2ccccc2)C1=O. The normalized spacial score (nSPS) is 18.0. The van der Waals surface area contributed by atoms with E-state index in [9.17, 15) is 9.59 Å². The van der Waals surface area contributed by atoms with Gasteiger partial charge in [-0.15, -0.1) is 11.3 Å². The van der Waals surface area contributed by atoms with Crippen molar-refractivity contribution in [3.63, 3.8) is 0 Å². The number of benzene rings is 1. The Kier molecular flexibility index (Phi) is 4.01. The van der Waals surface area contributed by atoms with Crippen molar-refractivity contribution in [2.45, 2.75) is 18.9 Å². The minimum atomic E-state index is -0.405. The lowest BCUT2D eigenvalue weighted by atomic mass is 10.2. The molecule has 0 aliphatic carbocycles. The molecule has 0 unspecified atom stereocenters. The molecule has 4 nitrogen and oxygen atoms in total.